The fourth-order valence-corrected chi connectivity index (χ4v) is 4.41. The highest BCUT2D eigenvalue weighted by molar-refractivity contribution is 5.96. The van der Waals surface area contributed by atoms with Crippen molar-refractivity contribution >= 4 is 5.78 Å². The second-order valence-corrected chi connectivity index (χ2v) is 9.54. The zero-order valence-corrected chi connectivity index (χ0v) is 18.3. The van der Waals surface area contributed by atoms with E-state index in [1.807, 2.05) is 13.8 Å². The van der Waals surface area contributed by atoms with Crippen LogP contribution in [0.25, 0.3) is 0 Å². The number of carbonyl (C=O) groups is 1. The van der Waals surface area contributed by atoms with Crippen LogP contribution in [0, 0.1) is 23.1 Å². The molecule has 8 heteroatoms. The summed E-state index contributed by atoms with van der Waals surface area (Å²) in [6, 6.07) is 7.57. The number of rotatable bonds is 7. The average Bonchev–Trinajstić information content (AvgIpc) is 2.67. The van der Waals surface area contributed by atoms with Gasteiger partial charge >= 0.3 is 12.4 Å². The van der Waals surface area contributed by atoms with Gasteiger partial charge in [0.1, 0.15) is 5.82 Å². The summed E-state index contributed by atoms with van der Waals surface area (Å²) in [5, 5.41) is 0. The van der Waals surface area contributed by atoms with Crippen molar-refractivity contribution in [2.75, 3.05) is 0 Å². The van der Waals surface area contributed by atoms with Gasteiger partial charge in [-0.15, -0.1) is 0 Å². The zero-order chi connectivity index (χ0) is 24.6. The molecule has 1 fully saturated rings. The van der Waals surface area contributed by atoms with E-state index in [-0.39, 0.29) is 29.2 Å². The molecule has 33 heavy (non-hydrogen) atoms. The van der Waals surface area contributed by atoms with Crippen LogP contribution in [0.1, 0.15) is 66.6 Å². The van der Waals surface area contributed by atoms with E-state index in [0.717, 1.165) is 18.2 Å². The van der Waals surface area contributed by atoms with E-state index >= 15 is 0 Å². The molecule has 0 heterocycles. The highest BCUT2D eigenvalue weighted by atomic mass is 19.4. The lowest BCUT2D eigenvalue weighted by Crippen LogP contribution is -2.37. The van der Waals surface area contributed by atoms with Gasteiger partial charge in [-0.25, -0.2) is 4.39 Å². The standard InChI is InChI=1S/C25H25F7O/c1-23(2,9-8-15-4-3-5-18(10-15)24(27,28)29)19-11-16(12-19)13-22(33)17-6-7-21(26)20(14-17)25(30,31)32/h3-7,10,14,16,19H,8-9,11-13H2,1-2H3. The summed E-state index contributed by atoms with van der Waals surface area (Å²) in [6.07, 6.45) is -6.57. The van der Waals surface area contributed by atoms with Crippen LogP contribution in [0.3, 0.4) is 0 Å². The van der Waals surface area contributed by atoms with Crippen LogP contribution >= 0.6 is 0 Å². The minimum atomic E-state index is -4.87. The molecule has 0 aromatic heterocycles. The monoisotopic (exact) mass is 474 g/mol. The van der Waals surface area contributed by atoms with Crippen LogP contribution < -0.4 is 0 Å². The van der Waals surface area contributed by atoms with Crippen molar-refractivity contribution in [2.24, 2.45) is 17.3 Å². The molecule has 1 saturated carbocycles. The predicted molar refractivity (Wildman–Crippen MR) is 110 cm³/mol. The molecule has 1 nitrogen and oxygen atoms in total. The van der Waals surface area contributed by atoms with Crippen LogP contribution in [0.2, 0.25) is 0 Å². The van der Waals surface area contributed by atoms with E-state index in [9.17, 15) is 35.5 Å². The number of halogens is 7. The van der Waals surface area contributed by atoms with Gasteiger partial charge in [0.15, 0.2) is 5.78 Å². The van der Waals surface area contributed by atoms with E-state index < -0.39 is 35.1 Å². The lowest BCUT2D eigenvalue weighted by Gasteiger charge is -2.45. The van der Waals surface area contributed by atoms with Crippen molar-refractivity contribution in [2.45, 2.75) is 58.3 Å². The molecule has 0 bridgehead atoms. The minimum absolute atomic E-state index is 0.0229. The molecule has 2 aromatic rings. The Bertz CT molecular complexity index is 999. The first-order valence-electron chi connectivity index (χ1n) is 10.7. The number of hydrogen-bond donors (Lipinski definition) is 0. The van der Waals surface area contributed by atoms with Crippen LogP contribution in [-0.2, 0) is 18.8 Å². The van der Waals surface area contributed by atoms with E-state index in [1.165, 1.54) is 6.07 Å². The molecule has 1 aliphatic carbocycles. The van der Waals surface area contributed by atoms with Gasteiger partial charge in [-0.3, -0.25) is 4.79 Å². The van der Waals surface area contributed by atoms with Crippen LogP contribution in [0.15, 0.2) is 42.5 Å². The number of hydrogen-bond acceptors (Lipinski definition) is 1. The Labute approximate surface area is 188 Å². The Morgan fingerprint density at radius 2 is 1.61 bits per heavy atom. The summed E-state index contributed by atoms with van der Waals surface area (Å²) in [6.45, 7) is 4.08. The van der Waals surface area contributed by atoms with Crippen molar-refractivity contribution in [3.63, 3.8) is 0 Å². The molecule has 0 N–H and O–H groups in total. The SMILES string of the molecule is CC(C)(CCc1cccc(C(F)(F)F)c1)C1CC(CC(=O)c2ccc(F)c(C(F)(F)F)c2)C1. The van der Waals surface area contributed by atoms with Gasteiger partial charge in [-0.05, 0) is 72.8 Å². The summed E-state index contributed by atoms with van der Waals surface area (Å²) in [5.41, 5.74) is -1.82. The number of alkyl halides is 6. The molecule has 0 atom stereocenters. The number of ketones is 1. The Hall–Kier alpha value is -2.38. The largest absolute Gasteiger partial charge is 0.419 e. The van der Waals surface area contributed by atoms with Crippen molar-refractivity contribution in [1.82, 2.24) is 0 Å². The summed E-state index contributed by atoms with van der Waals surface area (Å²) < 4.78 is 90.8. The number of aryl methyl sites for hydroxylation is 1. The maximum absolute atomic E-state index is 13.4. The Kier molecular flexibility index (Phi) is 6.97. The van der Waals surface area contributed by atoms with Crippen molar-refractivity contribution in [1.29, 1.82) is 0 Å². The topological polar surface area (TPSA) is 17.1 Å². The molecule has 180 valence electrons. The van der Waals surface area contributed by atoms with Gasteiger partial charge in [0.2, 0.25) is 0 Å². The van der Waals surface area contributed by atoms with Gasteiger partial charge < -0.3 is 0 Å². The fourth-order valence-electron chi connectivity index (χ4n) is 4.41. The highest BCUT2D eigenvalue weighted by Crippen LogP contribution is 2.49. The molecule has 0 amide bonds. The quantitative estimate of drug-likeness (QED) is 0.293. The first kappa shape index (κ1) is 25.2. The van der Waals surface area contributed by atoms with E-state index in [4.69, 9.17) is 0 Å². The van der Waals surface area contributed by atoms with Gasteiger partial charge in [-0.2, -0.15) is 26.3 Å². The third-order valence-electron chi connectivity index (χ3n) is 6.72. The molecular weight excluding hydrogens is 449 g/mol. The predicted octanol–water partition coefficient (Wildman–Crippen LogP) is 8.12. The minimum Gasteiger partial charge on any atom is -0.294 e. The maximum Gasteiger partial charge on any atom is 0.419 e. The Morgan fingerprint density at radius 3 is 2.21 bits per heavy atom. The van der Waals surface area contributed by atoms with Gasteiger partial charge in [0.05, 0.1) is 11.1 Å². The van der Waals surface area contributed by atoms with Crippen molar-refractivity contribution in [3.05, 3.63) is 70.5 Å². The zero-order valence-electron chi connectivity index (χ0n) is 18.3. The lowest BCUT2D eigenvalue weighted by atomic mass is 9.59. The molecule has 0 saturated heterocycles. The van der Waals surface area contributed by atoms with E-state index in [1.54, 1.807) is 6.07 Å². The third kappa shape index (κ3) is 6.15. The first-order valence-corrected chi connectivity index (χ1v) is 10.7. The second kappa shape index (κ2) is 9.11. The molecule has 2 aromatic carbocycles. The first-order chi connectivity index (χ1) is 15.2. The van der Waals surface area contributed by atoms with Crippen LogP contribution in [0.4, 0.5) is 30.7 Å². The maximum atomic E-state index is 13.4. The van der Waals surface area contributed by atoms with Gasteiger partial charge in [-0.1, -0.05) is 32.0 Å². The summed E-state index contributed by atoms with van der Waals surface area (Å²) in [5.74, 6) is -1.58. The molecule has 3 rings (SSSR count). The van der Waals surface area contributed by atoms with Crippen LogP contribution in [-0.4, -0.2) is 5.78 Å². The molecule has 0 radical (unpaired) electrons. The number of carbonyl (C=O) groups excluding carboxylic acids is 1. The second-order valence-electron chi connectivity index (χ2n) is 9.54. The van der Waals surface area contributed by atoms with Crippen molar-refractivity contribution < 1.29 is 35.5 Å². The Balaban J connectivity index is 1.54. The summed E-state index contributed by atoms with van der Waals surface area (Å²) >= 11 is 0. The number of benzene rings is 2. The van der Waals surface area contributed by atoms with Crippen LogP contribution in [0.5, 0.6) is 0 Å². The smallest absolute Gasteiger partial charge is 0.294 e. The average molecular weight is 474 g/mol. The summed E-state index contributed by atoms with van der Waals surface area (Å²) in [7, 11) is 0. The molecule has 1 aliphatic rings. The summed E-state index contributed by atoms with van der Waals surface area (Å²) in [4.78, 5) is 12.4. The normalized spacial score (nSPS) is 19.3. The molecule has 0 spiro atoms. The molecule has 0 aliphatic heterocycles. The molecular formula is C25H25F7O. The highest BCUT2D eigenvalue weighted by Gasteiger charge is 2.41. The van der Waals surface area contributed by atoms with Gasteiger partial charge in [0, 0.05) is 12.0 Å². The van der Waals surface area contributed by atoms with Crippen molar-refractivity contribution in [3.8, 4) is 0 Å². The third-order valence-corrected chi connectivity index (χ3v) is 6.72. The molecule has 0 unspecified atom stereocenters. The number of Topliss-reactive ketones (excluding diaryl/α,β-unsaturated/α-hetero) is 1. The van der Waals surface area contributed by atoms with E-state index in [0.29, 0.717) is 43.4 Å². The fraction of sp³-hybridized carbons (Fsp3) is 0.480. The lowest BCUT2D eigenvalue weighted by molar-refractivity contribution is -0.140. The van der Waals surface area contributed by atoms with Gasteiger partial charge in [0.25, 0.3) is 0 Å². The van der Waals surface area contributed by atoms with E-state index in [2.05, 4.69) is 0 Å². The Morgan fingerprint density at radius 1 is 0.939 bits per heavy atom.